The van der Waals surface area contributed by atoms with Crippen molar-refractivity contribution >= 4 is 21.5 Å². The number of sulfonamides is 1. The number of aryl methyl sites for hydroxylation is 2. The molecule has 0 spiro atoms. The molecule has 0 aliphatic rings. The van der Waals surface area contributed by atoms with Crippen LogP contribution < -0.4 is 16.0 Å². The minimum Gasteiger partial charge on any atom is -0.307 e. The maximum absolute atomic E-state index is 12.4. The summed E-state index contributed by atoms with van der Waals surface area (Å²) in [5.41, 5.74) is 3.39. The number of rotatable bonds is 5. The minimum absolute atomic E-state index is 0.0200. The van der Waals surface area contributed by atoms with Crippen LogP contribution >= 0.6 is 0 Å². The molecule has 108 valence electrons. The van der Waals surface area contributed by atoms with E-state index < -0.39 is 10.0 Å². The topological polar surface area (TPSA) is 115 Å². The van der Waals surface area contributed by atoms with Crippen molar-refractivity contribution in [1.82, 2.24) is 14.8 Å². The first kappa shape index (κ1) is 14.3. The maximum Gasteiger partial charge on any atom is 0.265 e. The van der Waals surface area contributed by atoms with Gasteiger partial charge in [0.1, 0.15) is 4.90 Å². The Bertz CT molecular complexity index is 709. The summed E-state index contributed by atoms with van der Waals surface area (Å²) in [7, 11) is -2.05. The molecule has 8 nitrogen and oxygen atoms in total. The van der Waals surface area contributed by atoms with Gasteiger partial charge >= 0.3 is 0 Å². The fraction of sp³-hybridized carbons (Fsp3) is 0.273. The normalized spacial score (nSPS) is 11.3. The van der Waals surface area contributed by atoms with Crippen LogP contribution in [-0.2, 0) is 23.5 Å². The minimum atomic E-state index is -3.78. The number of aromatic nitrogens is 3. The SMILES string of the molecule is CCc1nn(C)cc1NS(=O)(=O)c1cccnc1NN. The Morgan fingerprint density at radius 1 is 1.45 bits per heavy atom. The van der Waals surface area contributed by atoms with E-state index in [1.165, 1.54) is 18.3 Å². The predicted octanol–water partition coefficient (Wildman–Crippen LogP) is 0.464. The molecule has 0 unspecified atom stereocenters. The van der Waals surface area contributed by atoms with Crippen LogP contribution in [0.4, 0.5) is 11.5 Å². The lowest BCUT2D eigenvalue weighted by Gasteiger charge is -2.10. The quantitative estimate of drug-likeness (QED) is 0.545. The Morgan fingerprint density at radius 2 is 2.20 bits per heavy atom. The molecule has 0 aliphatic heterocycles. The van der Waals surface area contributed by atoms with Crippen molar-refractivity contribution in [2.75, 3.05) is 10.1 Å². The fourth-order valence-corrected chi connectivity index (χ4v) is 2.99. The van der Waals surface area contributed by atoms with Crippen LogP contribution in [0.1, 0.15) is 12.6 Å². The summed E-state index contributed by atoms with van der Waals surface area (Å²) in [6.07, 6.45) is 3.69. The molecule has 9 heteroatoms. The molecule has 0 saturated heterocycles. The van der Waals surface area contributed by atoms with E-state index in [9.17, 15) is 8.42 Å². The number of hydrogen-bond acceptors (Lipinski definition) is 6. The van der Waals surface area contributed by atoms with Gasteiger partial charge in [-0.25, -0.2) is 19.2 Å². The van der Waals surface area contributed by atoms with Crippen molar-refractivity contribution < 1.29 is 8.42 Å². The Morgan fingerprint density at radius 3 is 2.85 bits per heavy atom. The Kier molecular flexibility index (Phi) is 3.91. The second-order valence-corrected chi connectivity index (χ2v) is 5.77. The maximum atomic E-state index is 12.4. The highest BCUT2D eigenvalue weighted by atomic mass is 32.2. The summed E-state index contributed by atoms with van der Waals surface area (Å²) in [5.74, 6) is 5.36. The smallest absolute Gasteiger partial charge is 0.265 e. The third-order valence-corrected chi connectivity index (χ3v) is 4.08. The predicted molar refractivity (Wildman–Crippen MR) is 75.4 cm³/mol. The van der Waals surface area contributed by atoms with Crippen molar-refractivity contribution in [2.45, 2.75) is 18.2 Å². The molecule has 2 rings (SSSR count). The molecule has 0 aliphatic carbocycles. The van der Waals surface area contributed by atoms with Crippen LogP contribution in [-0.4, -0.2) is 23.2 Å². The first-order valence-electron chi connectivity index (χ1n) is 5.95. The zero-order valence-electron chi connectivity index (χ0n) is 11.2. The number of pyridine rings is 1. The number of nitrogens with one attached hydrogen (secondary N) is 2. The van der Waals surface area contributed by atoms with Gasteiger partial charge in [-0.2, -0.15) is 5.10 Å². The standard InChI is InChI=1S/C11H16N6O2S/c1-3-8-9(7-17(2)15-8)16-20(18,19)10-5-4-6-13-11(10)14-12/h4-7,16H,3,12H2,1-2H3,(H,13,14). The van der Waals surface area contributed by atoms with Crippen molar-refractivity contribution in [3.63, 3.8) is 0 Å². The van der Waals surface area contributed by atoms with E-state index in [0.29, 0.717) is 17.8 Å². The van der Waals surface area contributed by atoms with E-state index in [4.69, 9.17) is 5.84 Å². The van der Waals surface area contributed by atoms with E-state index >= 15 is 0 Å². The van der Waals surface area contributed by atoms with Gasteiger partial charge in [0.25, 0.3) is 10.0 Å². The molecule has 0 aromatic carbocycles. The Labute approximate surface area is 117 Å². The summed E-state index contributed by atoms with van der Waals surface area (Å²) < 4.78 is 28.8. The molecule has 0 fully saturated rings. The zero-order valence-corrected chi connectivity index (χ0v) is 12.0. The van der Waals surface area contributed by atoms with Crippen LogP contribution in [0.5, 0.6) is 0 Å². The molecule has 2 aromatic heterocycles. The van der Waals surface area contributed by atoms with Crippen LogP contribution in [0.15, 0.2) is 29.4 Å². The molecule has 2 aromatic rings. The Hall–Kier alpha value is -2.13. The van der Waals surface area contributed by atoms with Crippen LogP contribution in [0.25, 0.3) is 0 Å². The second-order valence-electron chi connectivity index (χ2n) is 4.12. The fourth-order valence-electron chi connectivity index (χ4n) is 1.80. The third-order valence-electron chi connectivity index (χ3n) is 2.68. The van der Waals surface area contributed by atoms with Crippen molar-refractivity contribution in [3.05, 3.63) is 30.2 Å². The molecule has 0 atom stereocenters. The van der Waals surface area contributed by atoms with Crippen molar-refractivity contribution in [3.8, 4) is 0 Å². The first-order chi connectivity index (χ1) is 9.47. The lowest BCUT2D eigenvalue weighted by molar-refractivity contribution is 0.601. The number of nitrogen functional groups attached to an aromatic ring is 1. The molecule has 2 heterocycles. The van der Waals surface area contributed by atoms with E-state index in [2.05, 4.69) is 20.2 Å². The molecule has 20 heavy (non-hydrogen) atoms. The van der Waals surface area contributed by atoms with E-state index in [0.717, 1.165) is 0 Å². The van der Waals surface area contributed by atoms with Gasteiger partial charge in [-0.1, -0.05) is 6.92 Å². The van der Waals surface area contributed by atoms with Crippen LogP contribution in [0.2, 0.25) is 0 Å². The Balaban J connectivity index is 2.40. The summed E-state index contributed by atoms with van der Waals surface area (Å²) in [5, 5.41) is 4.18. The molecule has 0 amide bonds. The van der Waals surface area contributed by atoms with Gasteiger partial charge in [0.05, 0.1) is 11.4 Å². The van der Waals surface area contributed by atoms with Gasteiger partial charge in [0.2, 0.25) is 0 Å². The van der Waals surface area contributed by atoms with E-state index in [1.807, 2.05) is 6.92 Å². The molecule has 0 saturated carbocycles. The molecule has 0 radical (unpaired) electrons. The van der Waals surface area contributed by atoms with Crippen LogP contribution in [0.3, 0.4) is 0 Å². The largest absolute Gasteiger partial charge is 0.307 e. The summed E-state index contributed by atoms with van der Waals surface area (Å²) in [6, 6.07) is 2.95. The van der Waals surface area contributed by atoms with Gasteiger partial charge in [-0.05, 0) is 18.6 Å². The molecule has 0 bridgehead atoms. The van der Waals surface area contributed by atoms with Gasteiger partial charge in [-0.3, -0.25) is 9.40 Å². The summed E-state index contributed by atoms with van der Waals surface area (Å²) >= 11 is 0. The lowest BCUT2D eigenvalue weighted by atomic mass is 10.3. The number of hydrogen-bond donors (Lipinski definition) is 3. The first-order valence-corrected chi connectivity index (χ1v) is 7.43. The van der Waals surface area contributed by atoms with Gasteiger partial charge in [0, 0.05) is 19.4 Å². The second kappa shape index (κ2) is 5.47. The lowest BCUT2D eigenvalue weighted by Crippen LogP contribution is -2.18. The zero-order chi connectivity index (χ0) is 14.8. The number of nitrogens with zero attached hydrogens (tertiary/aromatic N) is 3. The number of hydrazine groups is 1. The highest BCUT2D eigenvalue weighted by Crippen LogP contribution is 2.22. The highest BCUT2D eigenvalue weighted by molar-refractivity contribution is 7.92. The van der Waals surface area contributed by atoms with E-state index in [-0.39, 0.29) is 10.7 Å². The van der Waals surface area contributed by atoms with E-state index in [1.54, 1.807) is 17.9 Å². The summed E-state index contributed by atoms with van der Waals surface area (Å²) in [6.45, 7) is 1.90. The monoisotopic (exact) mass is 296 g/mol. The number of nitrogens with two attached hydrogens (primary N) is 1. The molecular weight excluding hydrogens is 280 g/mol. The summed E-state index contributed by atoms with van der Waals surface area (Å²) in [4.78, 5) is 3.86. The number of anilines is 2. The average Bonchev–Trinajstić information content (AvgIpc) is 2.77. The average molecular weight is 296 g/mol. The van der Waals surface area contributed by atoms with Crippen molar-refractivity contribution in [1.29, 1.82) is 0 Å². The van der Waals surface area contributed by atoms with Gasteiger partial charge in [0.15, 0.2) is 5.82 Å². The van der Waals surface area contributed by atoms with Gasteiger partial charge < -0.3 is 5.43 Å². The van der Waals surface area contributed by atoms with Crippen LogP contribution in [0, 0.1) is 0 Å². The highest BCUT2D eigenvalue weighted by Gasteiger charge is 2.21. The molecular formula is C11H16N6O2S. The molecule has 4 N–H and O–H groups in total. The third kappa shape index (κ3) is 2.73. The van der Waals surface area contributed by atoms with Gasteiger partial charge in [-0.15, -0.1) is 0 Å². The van der Waals surface area contributed by atoms with Crippen molar-refractivity contribution in [2.24, 2.45) is 12.9 Å².